The highest BCUT2D eigenvalue weighted by Crippen LogP contribution is 2.18. The zero-order valence-electron chi connectivity index (χ0n) is 19.3. The summed E-state index contributed by atoms with van der Waals surface area (Å²) in [6, 6.07) is 10.7. The number of hydrogen-bond acceptors (Lipinski definition) is 9. The molecule has 6 N–H and O–H groups in total. The average Bonchev–Trinajstić information content (AvgIpc) is 3.35. The van der Waals surface area contributed by atoms with E-state index in [0.717, 1.165) is 37.2 Å². The molecule has 0 saturated carbocycles. The second-order valence-corrected chi connectivity index (χ2v) is 8.23. The highest BCUT2D eigenvalue weighted by molar-refractivity contribution is 5.95. The summed E-state index contributed by atoms with van der Waals surface area (Å²) in [5, 5.41) is 14.9. The molecular formula is C24H31N5O6. The van der Waals surface area contributed by atoms with Gasteiger partial charge < -0.3 is 26.2 Å². The second-order valence-electron chi connectivity index (χ2n) is 8.23. The van der Waals surface area contributed by atoms with Crippen molar-refractivity contribution in [2.75, 3.05) is 11.9 Å². The van der Waals surface area contributed by atoms with Crippen LogP contribution >= 0.6 is 0 Å². The lowest BCUT2D eigenvalue weighted by molar-refractivity contribution is -0.142. The largest absolute Gasteiger partial charge is 0.480 e. The molecule has 0 bridgehead atoms. The van der Waals surface area contributed by atoms with Crippen LogP contribution in [0.5, 0.6) is 0 Å². The maximum absolute atomic E-state index is 12.8. The fourth-order valence-corrected chi connectivity index (χ4v) is 3.66. The standard InChI is InChI=1S/C24H31N5O6/c25-20(21(23(31)32)28-24(33)34-15-16-8-2-1-3-9-16)22(30)18-14-17(35-29-18)10-4-6-12-26-19-11-5-7-13-27-19/h1-3,5,7-9,11,13,17-18,20-21,29H,4,6,10,12,14-15,25H2,(H,26,27)(H,28,33)(H,31,32)/t17-,18+,20?,21-/m0/s1. The van der Waals surface area contributed by atoms with Gasteiger partial charge in [-0.15, -0.1) is 0 Å². The number of carbonyl (C=O) groups is 3. The molecule has 3 rings (SSSR count). The summed E-state index contributed by atoms with van der Waals surface area (Å²) in [5.41, 5.74) is 9.32. The van der Waals surface area contributed by atoms with E-state index in [9.17, 15) is 19.5 Å². The summed E-state index contributed by atoms with van der Waals surface area (Å²) in [6.07, 6.45) is 3.40. The quantitative estimate of drug-likeness (QED) is 0.263. The number of hydroxylamine groups is 1. The Hall–Kier alpha value is -3.54. The van der Waals surface area contributed by atoms with Gasteiger partial charge in [-0.1, -0.05) is 36.4 Å². The van der Waals surface area contributed by atoms with Crippen LogP contribution in [0.1, 0.15) is 31.2 Å². The highest BCUT2D eigenvalue weighted by atomic mass is 16.7. The maximum Gasteiger partial charge on any atom is 0.408 e. The first-order valence-electron chi connectivity index (χ1n) is 11.5. The number of amides is 1. The molecule has 0 aliphatic carbocycles. The van der Waals surface area contributed by atoms with E-state index >= 15 is 0 Å². The number of anilines is 1. The van der Waals surface area contributed by atoms with Gasteiger partial charge in [-0.2, -0.15) is 5.48 Å². The third kappa shape index (κ3) is 8.32. The van der Waals surface area contributed by atoms with Crippen molar-refractivity contribution in [3.8, 4) is 0 Å². The van der Waals surface area contributed by atoms with Gasteiger partial charge in [0.25, 0.3) is 0 Å². The number of nitrogens with two attached hydrogens (primary N) is 1. The number of unbranched alkanes of at least 4 members (excludes halogenated alkanes) is 1. The number of hydrogen-bond donors (Lipinski definition) is 5. The number of carbonyl (C=O) groups excluding carboxylic acids is 2. The molecule has 35 heavy (non-hydrogen) atoms. The predicted octanol–water partition coefficient (Wildman–Crippen LogP) is 1.60. The Balaban J connectivity index is 1.39. The molecule has 1 fully saturated rings. The number of benzene rings is 1. The molecule has 11 nitrogen and oxygen atoms in total. The minimum atomic E-state index is -1.63. The van der Waals surface area contributed by atoms with Gasteiger partial charge in [0.15, 0.2) is 11.8 Å². The first-order valence-corrected chi connectivity index (χ1v) is 11.5. The molecule has 0 spiro atoms. The molecule has 11 heteroatoms. The number of aliphatic carboxylic acids is 1. The summed E-state index contributed by atoms with van der Waals surface area (Å²) in [4.78, 5) is 46.2. The van der Waals surface area contributed by atoms with Gasteiger partial charge >= 0.3 is 12.1 Å². The Bertz CT molecular complexity index is 961. The SMILES string of the molecule is NC(C(=O)[C@H]1C[C@H](CCCCNc2ccccn2)ON1)[C@H](NC(=O)OCc1ccccc1)C(=O)O. The normalized spacial score (nSPS) is 18.9. The van der Waals surface area contributed by atoms with Crippen molar-refractivity contribution in [1.29, 1.82) is 0 Å². The Labute approximate surface area is 203 Å². The number of aromatic nitrogens is 1. The summed E-state index contributed by atoms with van der Waals surface area (Å²) >= 11 is 0. The summed E-state index contributed by atoms with van der Waals surface area (Å²) in [7, 11) is 0. The predicted molar refractivity (Wildman–Crippen MR) is 127 cm³/mol. The maximum atomic E-state index is 12.8. The minimum absolute atomic E-state index is 0.0424. The number of nitrogens with zero attached hydrogens (tertiary/aromatic N) is 1. The van der Waals surface area contributed by atoms with Crippen LogP contribution in [0.4, 0.5) is 10.6 Å². The number of ketones is 1. The molecule has 1 amide bonds. The van der Waals surface area contributed by atoms with Crippen LogP contribution in [0, 0.1) is 0 Å². The fraction of sp³-hybridized carbons (Fsp3) is 0.417. The smallest absolute Gasteiger partial charge is 0.408 e. The van der Waals surface area contributed by atoms with Crippen LogP contribution in [0.2, 0.25) is 0 Å². The fourth-order valence-electron chi connectivity index (χ4n) is 3.66. The van der Waals surface area contributed by atoms with E-state index in [2.05, 4.69) is 21.1 Å². The summed E-state index contributed by atoms with van der Waals surface area (Å²) in [6.45, 7) is 0.718. The van der Waals surface area contributed by atoms with Crippen LogP contribution in [-0.2, 0) is 25.8 Å². The zero-order chi connectivity index (χ0) is 25.0. The molecule has 188 valence electrons. The third-order valence-corrected chi connectivity index (χ3v) is 5.58. The number of alkyl carbamates (subject to hydrolysis) is 1. The van der Waals surface area contributed by atoms with E-state index < -0.39 is 36.0 Å². The van der Waals surface area contributed by atoms with E-state index in [1.54, 1.807) is 30.5 Å². The van der Waals surface area contributed by atoms with Crippen LogP contribution < -0.4 is 21.8 Å². The number of pyridine rings is 1. The van der Waals surface area contributed by atoms with Gasteiger partial charge in [-0.25, -0.2) is 14.6 Å². The summed E-state index contributed by atoms with van der Waals surface area (Å²) in [5.74, 6) is -1.17. The van der Waals surface area contributed by atoms with Crippen molar-refractivity contribution in [3.05, 3.63) is 60.3 Å². The first kappa shape index (κ1) is 26.1. The molecule has 2 aromatic rings. The molecule has 1 aliphatic rings. The van der Waals surface area contributed by atoms with Crippen molar-refractivity contribution < 1.29 is 29.1 Å². The van der Waals surface area contributed by atoms with Gasteiger partial charge in [0.05, 0.1) is 18.2 Å². The molecule has 4 atom stereocenters. The van der Waals surface area contributed by atoms with Gasteiger partial charge in [0, 0.05) is 19.2 Å². The van der Waals surface area contributed by atoms with Crippen LogP contribution in [-0.4, -0.2) is 58.7 Å². The van der Waals surface area contributed by atoms with Crippen molar-refractivity contribution in [1.82, 2.24) is 15.8 Å². The van der Waals surface area contributed by atoms with Crippen LogP contribution in [0.3, 0.4) is 0 Å². The molecule has 1 aliphatic heterocycles. The lowest BCUT2D eigenvalue weighted by atomic mass is 9.95. The van der Waals surface area contributed by atoms with Crippen LogP contribution in [0.15, 0.2) is 54.7 Å². The van der Waals surface area contributed by atoms with E-state index in [0.29, 0.717) is 6.42 Å². The molecule has 0 radical (unpaired) electrons. The number of rotatable bonds is 13. The first-order chi connectivity index (χ1) is 16.9. The van der Waals surface area contributed by atoms with Crippen LogP contribution in [0.25, 0.3) is 0 Å². The molecule has 1 aromatic carbocycles. The Kier molecular flexibility index (Phi) is 9.96. The number of Topliss-reactive ketones (excluding diaryl/α,β-unsaturated/α-hetero) is 1. The van der Waals surface area contributed by atoms with Gasteiger partial charge in [-0.3, -0.25) is 9.63 Å². The molecule has 1 aromatic heterocycles. The van der Waals surface area contributed by atoms with Gasteiger partial charge in [0.1, 0.15) is 12.4 Å². The zero-order valence-corrected chi connectivity index (χ0v) is 19.3. The molecule has 1 saturated heterocycles. The van der Waals surface area contributed by atoms with Gasteiger partial charge in [0.2, 0.25) is 0 Å². The lowest BCUT2D eigenvalue weighted by Gasteiger charge is -2.22. The topological polar surface area (TPSA) is 165 Å². The Morgan fingerprint density at radius 2 is 1.94 bits per heavy atom. The summed E-state index contributed by atoms with van der Waals surface area (Å²) < 4.78 is 5.04. The van der Waals surface area contributed by atoms with Crippen molar-refractivity contribution >= 4 is 23.7 Å². The average molecular weight is 486 g/mol. The monoisotopic (exact) mass is 485 g/mol. The van der Waals surface area contributed by atoms with E-state index in [1.807, 2.05) is 24.3 Å². The van der Waals surface area contributed by atoms with E-state index in [4.69, 9.17) is 15.3 Å². The third-order valence-electron chi connectivity index (χ3n) is 5.58. The van der Waals surface area contributed by atoms with E-state index in [-0.39, 0.29) is 12.7 Å². The number of carboxylic acid groups (broad SMARTS) is 1. The highest BCUT2D eigenvalue weighted by Gasteiger charge is 2.39. The van der Waals surface area contributed by atoms with Crippen molar-refractivity contribution in [2.24, 2.45) is 5.73 Å². The molecular weight excluding hydrogens is 454 g/mol. The Morgan fingerprint density at radius 3 is 2.66 bits per heavy atom. The molecule has 1 unspecified atom stereocenters. The molecule has 2 heterocycles. The minimum Gasteiger partial charge on any atom is -0.480 e. The second kappa shape index (κ2) is 13.4. The lowest BCUT2D eigenvalue weighted by Crippen LogP contribution is -2.59. The van der Waals surface area contributed by atoms with E-state index in [1.165, 1.54) is 0 Å². The van der Waals surface area contributed by atoms with Crippen molar-refractivity contribution in [3.63, 3.8) is 0 Å². The van der Waals surface area contributed by atoms with Crippen molar-refractivity contribution in [2.45, 2.75) is 56.5 Å². The Morgan fingerprint density at radius 1 is 1.17 bits per heavy atom. The number of nitrogens with one attached hydrogen (secondary N) is 3. The van der Waals surface area contributed by atoms with Gasteiger partial charge in [-0.05, 0) is 37.0 Å². The number of ether oxygens (including phenoxy) is 1. The number of carboxylic acids is 1.